The van der Waals surface area contributed by atoms with Gasteiger partial charge in [0, 0.05) is 24.5 Å². The van der Waals surface area contributed by atoms with Gasteiger partial charge in [-0.25, -0.2) is 4.98 Å². The fraction of sp³-hybridized carbons (Fsp3) is 0.474. The Labute approximate surface area is 151 Å². The molecule has 0 N–H and O–H groups in total. The van der Waals surface area contributed by atoms with Crippen LogP contribution in [-0.4, -0.2) is 41.4 Å². The van der Waals surface area contributed by atoms with Crippen molar-refractivity contribution in [1.82, 2.24) is 9.88 Å². The lowest BCUT2D eigenvalue weighted by Gasteiger charge is -2.30. The summed E-state index contributed by atoms with van der Waals surface area (Å²) in [4.78, 5) is 19.2. The zero-order valence-electron chi connectivity index (χ0n) is 14.6. The molecule has 2 aliphatic rings. The van der Waals surface area contributed by atoms with Crippen molar-refractivity contribution in [2.24, 2.45) is 5.92 Å². The number of nitrogens with zero attached hydrogens (tertiary/aromatic N) is 2. The van der Waals surface area contributed by atoms with Crippen molar-refractivity contribution in [3.05, 3.63) is 23.8 Å². The Morgan fingerprint density at radius 1 is 1.32 bits per heavy atom. The van der Waals surface area contributed by atoms with Gasteiger partial charge in [-0.05, 0) is 43.4 Å². The van der Waals surface area contributed by atoms with Crippen LogP contribution in [-0.2, 0) is 4.79 Å². The molecule has 2 aliphatic heterocycles. The van der Waals surface area contributed by atoms with E-state index in [-0.39, 0.29) is 12.7 Å². The molecule has 0 radical (unpaired) electrons. The van der Waals surface area contributed by atoms with E-state index in [1.54, 1.807) is 0 Å². The average Bonchev–Trinajstić information content (AvgIpc) is 3.05. The van der Waals surface area contributed by atoms with E-state index in [2.05, 4.69) is 13.0 Å². The van der Waals surface area contributed by atoms with Crippen molar-refractivity contribution in [2.45, 2.75) is 31.7 Å². The van der Waals surface area contributed by atoms with Gasteiger partial charge < -0.3 is 14.4 Å². The topological polar surface area (TPSA) is 51.7 Å². The number of piperidine rings is 1. The van der Waals surface area contributed by atoms with E-state index in [4.69, 9.17) is 14.5 Å². The molecule has 1 aromatic heterocycles. The molecule has 2 aromatic rings. The Morgan fingerprint density at radius 3 is 2.92 bits per heavy atom. The molecule has 0 aliphatic carbocycles. The van der Waals surface area contributed by atoms with Crippen molar-refractivity contribution in [3.63, 3.8) is 0 Å². The van der Waals surface area contributed by atoms with Gasteiger partial charge in [0.05, 0.1) is 11.3 Å². The van der Waals surface area contributed by atoms with Crippen LogP contribution in [0.2, 0.25) is 0 Å². The van der Waals surface area contributed by atoms with Crippen LogP contribution < -0.4 is 9.47 Å². The molecule has 0 spiro atoms. The molecule has 1 fully saturated rings. The van der Waals surface area contributed by atoms with Gasteiger partial charge in [-0.2, -0.15) is 0 Å². The van der Waals surface area contributed by atoms with Crippen molar-refractivity contribution in [2.75, 3.05) is 25.6 Å². The number of pyridine rings is 1. The normalized spacial score (nSPS) is 19.4. The SMILES string of the molecule is Cc1cc2cc3c(cc2nc1SCC(=O)N1CCCC(C)C1)OCO3. The van der Waals surface area contributed by atoms with Crippen LogP contribution >= 0.6 is 11.8 Å². The lowest BCUT2D eigenvalue weighted by Crippen LogP contribution is -2.40. The quantitative estimate of drug-likeness (QED) is 0.785. The van der Waals surface area contributed by atoms with E-state index in [0.29, 0.717) is 11.7 Å². The predicted molar refractivity (Wildman–Crippen MR) is 98.3 cm³/mol. The van der Waals surface area contributed by atoms with Crippen molar-refractivity contribution < 1.29 is 14.3 Å². The van der Waals surface area contributed by atoms with Gasteiger partial charge in [-0.1, -0.05) is 18.7 Å². The maximum atomic E-state index is 12.5. The summed E-state index contributed by atoms with van der Waals surface area (Å²) in [6.45, 7) is 6.28. The molecule has 0 saturated carbocycles. The van der Waals surface area contributed by atoms with Crippen LogP contribution in [0.3, 0.4) is 0 Å². The Balaban J connectivity index is 1.50. The van der Waals surface area contributed by atoms with E-state index in [0.717, 1.165) is 52.5 Å². The summed E-state index contributed by atoms with van der Waals surface area (Å²) in [5, 5.41) is 1.94. The summed E-state index contributed by atoms with van der Waals surface area (Å²) in [6, 6.07) is 5.97. The van der Waals surface area contributed by atoms with Crippen LogP contribution in [0.15, 0.2) is 23.2 Å². The average molecular weight is 358 g/mol. The van der Waals surface area contributed by atoms with Crippen molar-refractivity contribution in [1.29, 1.82) is 0 Å². The summed E-state index contributed by atoms with van der Waals surface area (Å²) in [5.74, 6) is 2.76. The first-order valence-electron chi connectivity index (χ1n) is 8.72. The first-order chi connectivity index (χ1) is 12.1. The molecular weight excluding hydrogens is 336 g/mol. The van der Waals surface area contributed by atoms with E-state index >= 15 is 0 Å². The number of amides is 1. The fourth-order valence-electron chi connectivity index (χ4n) is 3.44. The molecule has 6 heteroatoms. The molecule has 4 rings (SSSR count). The highest BCUT2D eigenvalue weighted by Gasteiger charge is 2.21. The summed E-state index contributed by atoms with van der Waals surface area (Å²) in [7, 11) is 0. The minimum absolute atomic E-state index is 0.212. The number of thioether (sulfide) groups is 1. The van der Waals surface area contributed by atoms with E-state index in [1.165, 1.54) is 18.2 Å². The fourth-order valence-corrected chi connectivity index (χ4v) is 4.33. The molecule has 1 amide bonds. The third kappa shape index (κ3) is 3.40. The second kappa shape index (κ2) is 6.75. The van der Waals surface area contributed by atoms with Crippen LogP contribution in [0.1, 0.15) is 25.3 Å². The lowest BCUT2D eigenvalue weighted by atomic mass is 10.0. The minimum atomic E-state index is 0.212. The van der Waals surface area contributed by atoms with Gasteiger partial charge in [0.15, 0.2) is 11.5 Å². The smallest absolute Gasteiger partial charge is 0.232 e. The summed E-state index contributed by atoms with van der Waals surface area (Å²) >= 11 is 1.52. The van der Waals surface area contributed by atoms with Crippen molar-refractivity contribution in [3.8, 4) is 11.5 Å². The predicted octanol–water partition coefficient (Wildman–Crippen LogP) is 3.62. The monoisotopic (exact) mass is 358 g/mol. The number of carbonyl (C=O) groups is 1. The number of hydrogen-bond donors (Lipinski definition) is 0. The summed E-state index contributed by atoms with van der Waals surface area (Å²) in [5.41, 5.74) is 1.95. The molecule has 5 nitrogen and oxygen atoms in total. The molecule has 3 heterocycles. The molecule has 0 bridgehead atoms. The number of fused-ring (bicyclic) bond motifs is 2. The van der Waals surface area contributed by atoms with Gasteiger partial charge in [-0.15, -0.1) is 0 Å². The highest BCUT2D eigenvalue weighted by molar-refractivity contribution is 7.99. The third-order valence-electron chi connectivity index (χ3n) is 4.80. The molecule has 132 valence electrons. The van der Waals surface area contributed by atoms with E-state index in [1.807, 2.05) is 24.0 Å². The first-order valence-corrected chi connectivity index (χ1v) is 9.70. The van der Waals surface area contributed by atoms with Gasteiger partial charge in [0.25, 0.3) is 0 Å². The third-order valence-corrected chi connectivity index (χ3v) is 5.87. The zero-order chi connectivity index (χ0) is 17.4. The molecule has 1 unspecified atom stereocenters. The molecular formula is C19H22N2O3S. The zero-order valence-corrected chi connectivity index (χ0v) is 15.4. The largest absolute Gasteiger partial charge is 0.454 e. The Kier molecular flexibility index (Phi) is 4.46. The second-order valence-corrected chi connectivity index (χ2v) is 7.85. The number of aryl methyl sites for hydroxylation is 1. The molecule has 25 heavy (non-hydrogen) atoms. The Morgan fingerprint density at radius 2 is 2.12 bits per heavy atom. The van der Waals surface area contributed by atoms with Gasteiger partial charge in [0.2, 0.25) is 12.7 Å². The van der Waals surface area contributed by atoms with Gasteiger partial charge >= 0.3 is 0 Å². The number of carbonyl (C=O) groups excluding carboxylic acids is 1. The lowest BCUT2D eigenvalue weighted by molar-refractivity contribution is -0.130. The summed E-state index contributed by atoms with van der Waals surface area (Å²) in [6.07, 6.45) is 2.33. The van der Waals surface area contributed by atoms with Gasteiger partial charge in [0.1, 0.15) is 5.03 Å². The Hall–Kier alpha value is -1.95. The van der Waals surface area contributed by atoms with Crippen LogP contribution in [0.5, 0.6) is 11.5 Å². The summed E-state index contributed by atoms with van der Waals surface area (Å²) < 4.78 is 10.9. The number of hydrogen-bond acceptors (Lipinski definition) is 5. The number of ether oxygens (including phenoxy) is 2. The molecule has 1 atom stereocenters. The maximum Gasteiger partial charge on any atom is 0.232 e. The number of likely N-dealkylation sites (tertiary alicyclic amines) is 1. The van der Waals surface area contributed by atoms with Crippen LogP contribution in [0.4, 0.5) is 0 Å². The second-order valence-electron chi connectivity index (χ2n) is 6.88. The molecule has 1 saturated heterocycles. The Bertz CT molecular complexity index is 824. The van der Waals surface area contributed by atoms with Crippen LogP contribution in [0.25, 0.3) is 10.9 Å². The van der Waals surface area contributed by atoms with Gasteiger partial charge in [-0.3, -0.25) is 4.79 Å². The number of benzene rings is 1. The van der Waals surface area contributed by atoms with E-state index < -0.39 is 0 Å². The van der Waals surface area contributed by atoms with Crippen molar-refractivity contribution >= 4 is 28.6 Å². The minimum Gasteiger partial charge on any atom is -0.454 e. The maximum absolute atomic E-state index is 12.5. The first kappa shape index (κ1) is 16.5. The highest BCUT2D eigenvalue weighted by Crippen LogP contribution is 2.37. The van der Waals surface area contributed by atoms with E-state index in [9.17, 15) is 4.79 Å². The molecule has 1 aromatic carbocycles. The standard InChI is InChI=1S/C19H22N2O3S/c1-12-4-3-5-21(9-12)18(22)10-25-19-13(2)6-14-7-16-17(24-11-23-16)8-15(14)20-19/h6-8,12H,3-5,9-11H2,1-2H3. The highest BCUT2D eigenvalue weighted by atomic mass is 32.2. The number of rotatable bonds is 3. The van der Waals surface area contributed by atoms with Crippen LogP contribution in [0, 0.1) is 12.8 Å². The number of aromatic nitrogens is 1.